The van der Waals surface area contributed by atoms with Gasteiger partial charge in [0.1, 0.15) is 12.7 Å². The molecule has 0 amide bonds. The molecule has 0 radical (unpaired) electrons. The standard InChI is InChI=1S/C13H20N2O4/c1-3-10(2)14-8-11(16)9-19-13-7-5-4-6-12(13)15(17)18/h4-7,10-11,14,16H,3,8-9H2,1-2H3. The van der Waals surface area contributed by atoms with Gasteiger partial charge in [0.05, 0.1) is 4.92 Å². The van der Waals surface area contributed by atoms with Gasteiger partial charge in [0, 0.05) is 18.7 Å². The minimum Gasteiger partial charge on any atom is -0.484 e. The van der Waals surface area contributed by atoms with Gasteiger partial charge in [0.15, 0.2) is 5.75 Å². The van der Waals surface area contributed by atoms with E-state index < -0.39 is 11.0 Å². The molecule has 0 saturated heterocycles. The smallest absolute Gasteiger partial charge is 0.310 e. The molecule has 1 aromatic carbocycles. The Kier molecular flexibility index (Phi) is 6.24. The van der Waals surface area contributed by atoms with Gasteiger partial charge in [-0.1, -0.05) is 19.1 Å². The fourth-order valence-corrected chi connectivity index (χ4v) is 1.46. The molecule has 2 N–H and O–H groups in total. The van der Waals surface area contributed by atoms with Gasteiger partial charge in [0.25, 0.3) is 0 Å². The molecule has 6 heteroatoms. The molecule has 19 heavy (non-hydrogen) atoms. The molecular formula is C13H20N2O4. The number of nitrogens with zero attached hydrogens (tertiary/aromatic N) is 1. The maximum absolute atomic E-state index is 10.8. The number of rotatable bonds is 8. The van der Waals surface area contributed by atoms with Crippen molar-refractivity contribution in [2.24, 2.45) is 0 Å². The van der Waals surface area contributed by atoms with Gasteiger partial charge in [-0.15, -0.1) is 0 Å². The van der Waals surface area contributed by atoms with Crippen molar-refractivity contribution in [1.29, 1.82) is 0 Å². The molecule has 0 bridgehead atoms. The molecule has 0 heterocycles. The van der Waals surface area contributed by atoms with Gasteiger partial charge in [-0.05, 0) is 19.4 Å². The number of nitrogens with one attached hydrogen (secondary N) is 1. The Hall–Kier alpha value is -1.66. The zero-order valence-corrected chi connectivity index (χ0v) is 11.2. The lowest BCUT2D eigenvalue weighted by Gasteiger charge is -2.16. The number of benzene rings is 1. The lowest BCUT2D eigenvalue weighted by molar-refractivity contribution is -0.385. The van der Waals surface area contributed by atoms with Gasteiger partial charge in [-0.3, -0.25) is 10.1 Å². The highest BCUT2D eigenvalue weighted by atomic mass is 16.6. The number of ether oxygens (including phenoxy) is 1. The van der Waals surface area contributed by atoms with Crippen LogP contribution in [0.25, 0.3) is 0 Å². The number of nitro benzene ring substituents is 1. The minimum absolute atomic E-state index is 0.0221. The summed E-state index contributed by atoms with van der Waals surface area (Å²) in [4.78, 5) is 10.3. The van der Waals surface area contributed by atoms with E-state index in [0.717, 1.165) is 6.42 Å². The lowest BCUT2D eigenvalue weighted by Crippen LogP contribution is -2.36. The van der Waals surface area contributed by atoms with E-state index in [1.54, 1.807) is 12.1 Å². The molecule has 0 aliphatic heterocycles. The summed E-state index contributed by atoms with van der Waals surface area (Å²) in [7, 11) is 0. The zero-order chi connectivity index (χ0) is 14.3. The topological polar surface area (TPSA) is 84.6 Å². The second-order valence-corrected chi connectivity index (χ2v) is 4.41. The third-order valence-electron chi connectivity index (χ3n) is 2.81. The molecule has 1 aromatic rings. The minimum atomic E-state index is -0.700. The van der Waals surface area contributed by atoms with E-state index in [1.807, 2.05) is 13.8 Å². The summed E-state index contributed by atoms with van der Waals surface area (Å²) in [6.45, 7) is 4.49. The van der Waals surface area contributed by atoms with Crippen LogP contribution in [0.2, 0.25) is 0 Å². The number of hydrogen-bond donors (Lipinski definition) is 2. The van der Waals surface area contributed by atoms with Crippen molar-refractivity contribution in [3.8, 4) is 5.75 Å². The Morgan fingerprint density at radius 3 is 2.79 bits per heavy atom. The van der Waals surface area contributed by atoms with Crippen molar-refractivity contribution in [1.82, 2.24) is 5.32 Å². The van der Waals surface area contributed by atoms with Crippen molar-refractivity contribution in [3.05, 3.63) is 34.4 Å². The van der Waals surface area contributed by atoms with E-state index in [-0.39, 0.29) is 18.0 Å². The van der Waals surface area contributed by atoms with Crippen LogP contribution in [0.1, 0.15) is 20.3 Å². The van der Waals surface area contributed by atoms with Gasteiger partial charge in [-0.2, -0.15) is 0 Å². The number of para-hydroxylation sites is 2. The average molecular weight is 268 g/mol. The Balaban J connectivity index is 2.46. The summed E-state index contributed by atoms with van der Waals surface area (Å²) < 4.78 is 5.29. The van der Waals surface area contributed by atoms with Crippen LogP contribution >= 0.6 is 0 Å². The van der Waals surface area contributed by atoms with Crippen molar-refractivity contribution in [3.63, 3.8) is 0 Å². The molecule has 0 fully saturated rings. The van der Waals surface area contributed by atoms with Gasteiger partial charge < -0.3 is 15.2 Å². The highest BCUT2D eigenvalue weighted by Crippen LogP contribution is 2.25. The highest BCUT2D eigenvalue weighted by molar-refractivity contribution is 5.45. The number of nitro groups is 1. The highest BCUT2D eigenvalue weighted by Gasteiger charge is 2.15. The maximum Gasteiger partial charge on any atom is 0.310 e. The van der Waals surface area contributed by atoms with Crippen LogP contribution in [0.3, 0.4) is 0 Å². The van der Waals surface area contributed by atoms with E-state index >= 15 is 0 Å². The summed E-state index contributed by atoms with van der Waals surface area (Å²) >= 11 is 0. The predicted molar refractivity (Wildman–Crippen MR) is 72.4 cm³/mol. The second-order valence-electron chi connectivity index (χ2n) is 4.41. The molecule has 0 spiro atoms. The largest absolute Gasteiger partial charge is 0.484 e. The Bertz CT molecular complexity index is 411. The van der Waals surface area contributed by atoms with E-state index in [2.05, 4.69) is 5.32 Å². The maximum atomic E-state index is 10.8. The summed E-state index contributed by atoms with van der Waals surface area (Å²) in [5.41, 5.74) is -0.0930. The third kappa shape index (κ3) is 5.23. The van der Waals surface area contributed by atoms with Crippen LogP contribution in [-0.4, -0.2) is 35.3 Å². The number of aliphatic hydroxyl groups excluding tert-OH is 1. The van der Waals surface area contributed by atoms with Crippen molar-refractivity contribution in [2.45, 2.75) is 32.4 Å². The molecule has 1 rings (SSSR count). The van der Waals surface area contributed by atoms with Crippen LogP contribution in [0.5, 0.6) is 5.75 Å². The zero-order valence-electron chi connectivity index (χ0n) is 11.2. The Morgan fingerprint density at radius 2 is 2.16 bits per heavy atom. The van der Waals surface area contributed by atoms with Crippen LogP contribution in [-0.2, 0) is 0 Å². The predicted octanol–water partition coefficient (Wildman–Crippen LogP) is 1.72. The summed E-state index contributed by atoms with van der Waals surface area (Å²) in [6.07, 6.45) is 0.270. The normalized spacial score (nSPS) is 13.8. The fraction of sp³-hybridized carbons (Fsp3) is 0.538. The molecule has 2 unspecified atom stereocenters. The van der Waals surface area contributed by atoms with Gasteiger partial charge in [-0.25, -0.2) is 0 Å². The first-order valence-corrected chi connectivity index (χ1v) is 6.32. The van der Waals surface area contributed by atoms with Crippen LogP contribution in [0, 0.1) is 10.1 Å². The van der Waals surface area contributed by atoms with Gasteiger partial charge in [0.2, 0.25) is 0 Å². The van der Waals surface area contributed by atoms with Gasteiger partial charge >= 0.3 is 5.69 Å². The third-order valence-corrected chi connectivity index (χ3v) is 2.81. The van der Waals surface area contributed by atoms with Crippen LogP contribution in [0.15, 0.2) is 24.3 Å². The van der Waals surface area contributed by atoms with E-state index in [4.69, 9.17) is 4.74 Å². The summed E-state index contributed by atoms with van der Waals surface area (Å²) in [5, 5.41) is 23.6. The quantitative estimate of drug-likeness (QED) is 0.554. The first-order valence-electron chi connectivity index (χ1n) is 6.32. The molecule has 106 valence electrons. The Morgan fingerprint density at radius 1 is 1.47 bits per heavy atom. The SMILES string of the molecule is CCC(C)NCC(O)COc1ccccc1[N+](=O)[O-]. The number of hydrogen-bond acceptors (Lipinski definition) is 5. The lowest BCUT2D eigenvalue weighted by atomic mass is 10.2. The fourth-order valence-electron chi connectivity index (χ4n) is 1.46. The summed E-state index contributed by atoms with van der Waals surface area (Å²) in [5.74, 6) is 0.176. The molecule has 0 saturated carbocycles. The number of aliphatic hydroxyl groups is 1. The van der Waals surface area contributed by atoms with Crippen molar-refractivity contribution < 1.29 is 14.8 Å². The first-order chi connectivity index (χ1) is 9.04. The molecule has 6 nitrogen and oxygen atoms in total. The molecule has 2 atom stereocenters. The molecule has 0 aliphatic carbocycles. The van der Waals surface area contributed by atoms with E-state index in [9.17, 15) is 15.2 Å². The first kappa shape index (κ1) is 15.4. The van der Waals surface area contributed by atoms with E-state index in [1.165, 1.54) is 12.1 Å². The van der Waals surface area contributed by atoms with Crippen LogP contribution < -0.4 is 10.1 Å². The van der Waals surface area contributed by atoms with Crippen LogP contribution in [0.4, 0.5) is 5.69 Å². The Labute approximate surface area is 112 Å². The van der Waals surface area contributed by atoms with E-state index in [0.29, 0.717) is 12.6 Å². The molecule has 0 aliphatic rings. The monoisotopic (exact) mass is 268 g/mol. The summed E-state index contributed by atoms with van der Waals surface area (Å²) in [6, 6.07) is 6.45. The van der Waals surface area contributed by atoms with Crippen molar-refractivity contribution >= 4 is 5.69 Å². The molecule has 0 aromatic heterocycles. The molecular weight excluding hydrogens is 248 g/mol. The second kappa shape index (κ2) is 7.70. The average Bonchev–Trinajstić information content (AvgIpc) is 2.42. The van der Waals surface area contributed by atoms with Crippen molar-refractivity contribution in [2.75, 3.05) is 13.2 Å².